The number of halogens is 2. The number of hydrogen-bond donors (Lipinski definition) is 1. The smallest absolute Gasteiger partial charge is 0.226 e. The maximum absolute atomic E-state index is 11.8. The Morgan fingerprint density at radius 2 is 2.10 bits per heavy atom. The van der Waals surface area contributed by atoms with Gasteiger partial charge in [0.2, 0.25) is 11.8 Å². The summed E-state index contributed by atoms with van der Waals surface area (Å²) in [6, 6.07) is 4.83. The van der Waals surface area contributed by atoms with Gasteiger partial charge in [-0.05, 0) is 18.2 Å². The summed E-state index contributed by atoms with van der Waals surface area (Å²) in [7, 11) is 0. The summed E-state index contributed by atoms with van der Waals surface area (Å²) in [5, 5.41) is 3.57. The van der Waals surface area contributed by atoms with E-state index in [1.165, 1.54) is 11.8 Å². The SMILES string of the molecule is C=CCN(CCC(=O)Nc1cc(Cl)ccc1Cl)C(C)=O. The van der Waals surface area contributed by atoms with Gasteiger partial charge in [0, 0.05) is 31.5 Å². The highest BCUT2D eigenvalue weighted by molar-refractivity contribution is 6.35. The average molecular weight is 315 g/mol. The Bertz CT molecular complexity index is 518. The van der Waals surface area contributed by atoms with E-state index in [4.69, 9.17) is 23.2 Å². The van der Waals surface area contributed by atoms with Crippen LogP contribution in [0.3, 0.4) is 0 Å². The fourth-order valence-corrected chi connectivity index (χ4v) is 1.91. The highest BCUT2D eigenvalue weighted by atomic mass is 35.5. The molecule has 4 nitrogen and oxygen atoms in total. The van der Waals surface area contributed by atoms with Gasteiger partial charge in [0.15, 0.2) is 0 Å². The second-order valence-corrected chi connectivity index (χ2v) is 5.02. The fourth-order valence-electron chi connectivity index (χ4n) is 1.58. The molecule has 0 unspecified atom stereocenters. The minimum Gasteiger partial charge on any atom is -0.339 e. The summed E-state index contributed by atoms with van der Waals surface area (Å²) in [5.74, 6) is -0.331. The van der Waals surface area contributed by atoms with Crippen LogP contribution in [0.4, 0.5) is 5.69 Å². The van der Waals surface area contributed by atoms with Crippen molar-refractivity contribution in [3.8, 4) is 0 Å². The first-order valence-electron chi connectivity index (χ1n) is 6.05. The molecule has 0 spiro atoms. The van der Waals surface area contributed by atoms with Crippen LogP contribution in [0.25, 0.3) is 0 Å². The minimum atomic E-state index is -0.232. The van der Waals surface area contributed by atoms with E-state index in [0.717, 1.165) is 0 Å². The topological polar surface area (TPSA) is 49.4 Å². The van der Waals surface area contributed by atoms with E-state index in [1.54, 1.807) is 24.3 Å². The highest BCUT2D eigenvalue weighted by Gasteiger charge is 2.11. The summed E-state index contributed by atoms with van der Waals surface area (Å²) in [4.78, 5) is 24.7. The third-order valence-electron chi connectivity index (χ3n) is 2.61. The number of rotatable bonds is 6. The standard InChI is InChI=1S/C14H16Cl2N2O2/c1-3-7-18(10(2)19)8-6-14(20)17-13-9-11(15)4-5-12(13)16/h3-5,9H,1,6-8H2,2H3,(H,17,20). The van der Waals surface area contributed by atoms with E-state index < -0.39 is 0 Å². The lowest BCUT2D eigenvalue weighted by Gasteiger charge is -2.18. The zero-order valence-corrected chi connectivity index (χ0v) is 12.7. The molecule has 1 N–H and O–H groups in total. The lowest BCUT2D eigenvalue weighted by Crippen LogP contribution is -2.32. The molecule has 0 aliphatic heterocycles. The van der Waals surface area contributed by atoms with E-state index in [-0.39, 0.29) is 18.2 Å². The van der Waals surface area contributed by atoms with Gasteiger partial charge in [-0.15, -0.1) is 6.58 Å². The Balaban J connectivity index is 2.57. The molecule has 1 aromatic carbocycles. The second-order valence-electron chi connectivity index (χ2n) is 4.18. The van der Waals surface area contributed by atoms with Crippen molar-refractivity contribution in [3.05, 3.63) is 40.9 Å². The van der Waals surface area contributed by atoms with Gasteiger partial charge in [0.25, 0.3) is 0 Å². The Morgan fingerprint density at radius 1 is 1.40 bits per heavy atom. The number of nitrogens with zero attached hydrogens (tertiary/aromatic N) is 1. The molecule has 0 bridgehead atoms. The quantitative estimate of drug-likeness (QED) is 0.818. The van der Waals surface area contributed by atoms with Crippen LogP contribution < -0.4 is 5.32 Å². The summed E-state index contributed by atoms with van der Waals surface area (Å²) in [5.41, 5.74) is 0.460. The largest absolute Gasteiger partial charge is 0.339 e. The Labute approximate surface area is 128 Å². The molecule has 0 saturated carbocycles. The Morgan fingerprint density at radius 3 is 2.70 bits per heavy atom. The monoisotopic (exact) mass is 314 g/mol. The first-order chi connectivity index (χ1) is 9.43. The van der Waals surface area contributed by atoms with Crippen molar-refractivity contribution in [2.75, 3.05) is 18.4 Å². The minimum absolute atomic E-state index is 0.0986. The molecule has 20 heavy (non-hydrogen) atoms. The predicted molar refractivity (Wildman–Crippen MR) is 82.2 cm³/mol. The van der Waals surface area contributed by atoms with Crippen LogP contribution in [-0.4, -0.2) is 29.8 Å². The molecule has 108 valence electrons. The zero-order valence-electron chi connectivity index (χ0n) is 11.2. The van der Waals surface area contributed by atoms with Gasteiger partial charge in [-0.25, -0.2) is 0 Å². The normalized spacial score (nSPS) is 9.95. The van der Waals surface area contributed by atoms with Crippen LogP contribution in [0.15, 0.2) is 30.9 Å². The molecule has 0 heterocycles. The van der Waals surface area contributed by atoms with Gasteiger partial charge < -0.3 is 10.2 Å². The summed E-state index contributed by atoms with van der Waals surface area (Å²) in [6.07, 6.45) is 1.80. The summed E-state index contributed by atoms with van der Waals surface area (Å²) < 4.78 is 0. The third kappa shape index (κ3) is 5.23. The van der Waals surface area contributed by atoms with Crippen molar-refractivity contribution < 1.29 is 9.59 Å². The molecule has 2 amide bonds. The molecule has 0 atom stereocenters. The molecule has 0 aliphatic rings. The van der Waals surface area contributed by atoms with Gasteiger partial charge in [0.05, 0.1) is 10.7 Å². The number of nitrogens with one attached hydrogen (secondary N) is 1. The molecule has 0 saturated heterocycles. The molecule has 6 heteroatoms. The van der Waals surface area contributed by atoms with Crippen molar-refractivity contribution >= 4 is 40.7 Å². The zero-order chi connectivity index (χ0) is 15.1. The van der Waals surface area contributed by atoms with Crippen molar-refractivity contribution in [3.63, 3.8) is 0 Å². The van der Waals surface area contributed by atoms with Gasteiger partial charge in [-0.1, -0.05) is 29.3 Å². The first kappa shape index (κ1) is 16.5. The van der Waals surface area contributed by atoms with E-state index in [0.29, 0.717) is 28.8 Å². The molecular weight excluding hydrogens is 299 g/mol. The first-order valence-corrected chi connectivity index (χ1v) is 6.81. The van der Waals surface area contributed by atoms with Crippen molar-refractivity contribution in [2.45, 2.75) is 13.3 Å². The van der Waals surface area contributed by atoms with Crippen LogP contribution in [0.5, 0.6) is 0 Å². The highest BCUT2D eigenvalue weighted by Crippen LogP contribution is 2.25. The maximum atomic E-state index is 11.8. The van der Waals surface area contributed by atoms with Gasteiger partial charge in [-0.2, -0.15) is 0 Å². The van der Waals surface area contributed by atoms with Crippen LogP contribution in [0.1, 0.15) is 13.3 Å². The summed E-state index contributed by atoms with van der Waals surface area (Å²) in [6.45, 7) is 5.77. The molecule has 0 fully saturated rings. The van der Waals surface area contributed by atoms with E-state index in [9.17, 15) is 9.59 Å². The van der Waals surface area contributed by atoms with Crippen LogP contribution in [0, 0.1) is 0 Å². The number of amides is 2. The number of benzene rings is 1. The molecule has 1 rings (SSSR count). The molecule has 1 aromatic rings. The van der Waals surface area contributed by atoms with Gasteiger partial charge in [0.1, 0.15) is 0 Å². The molecule has 0 aliphatic carbocycles. The third-order valence-corrected chi connectivity index (χ3v) is 3.17. The fraction of sp³-hybridized carbons (Fsp3) is 0.286. The number of carbonyl (C=O) groups is 2. The molecule has 0 aromatic heterocycles. The lowest BCUT2D eigenvalue weighted by molar-refractivity contribution is -0.128. The van der Waals surface area contributed by atoms with Crippen LogP contribution in [-0.2, 0) is 9.59 Å². The van der Waals surface area contributed by atoms with Gasteiger partial charge in [-0.3, -0.25) is 9.59 Å². The van der Waals surface area contributed by atoms with E-state index in [1.807, 2.05) is 0 Å². The number of hydrogen-bond acceptors (Lipinski definition) is 2. The van der Waals surface area contributed by atoms with Gasteiger partial charge >= 0.3 is 0 Å². The lowest BCUT2D eigenvalue weighted by atomic mass is 10.3. The predicted octanol–water partition coefficient (Wildman–Crippen LogP) is 3.36. The number of anilines is 1. The molecule has 0 radical (unpaired) electrons. The van der Waals surface area contributed by atoms with Crippen molar-refractivity contribution in [1.82, 2.24) is 4.90 Å². The van der Waals surface area contributed by atoms with E-state index >= 15 is 0 Å². The Kier molecular flexibility index (Phi) is 6.55. The van der Waals surface area contributed by atoms with Crippen molar-refractivity contribution in [2.24, 2.45) is 0 Å². The van der Waals surface area contributed by atoms with Crippen LogP contribution in [0.2, 0.25) is 10.0 Å². The summed E-state index contributed by atoms with van der Waals surface area (Å²) >= 11 is 11.8. The van der Waals surface area contributed by atoms with Crippen molar-refractivity contribution in [1.29, 1.82) is 0 Å². The van der Waals surface area contributed by atoms with Crippen LogP contribution >= 0.6 is 23.2 Å². The number of carbonyl (C=O) groups excluding carboxylic acids is 2. The maximum Gasteiger partial charge on any atom is 0.226 e. The second kappa shape index (κ2) is 7.92. The Hall–Kier alpha value is -1.52. The van der Waals surface area contributed by atoms with E-state index in [2.05, 4.69) is 11.9 Å². The molecular formula is C14H16Cl2N2O2. The average Bonchev–Trinajstić information content (AvgIpc) is 2.38.